The fraction of sp³-hybridized carbons (Fsp3) is 0.111. The minimum atomic E-state index is -0.460. The molecule has 2 heteroatoms. The Balaban J connectivity index is 2.08. The van der Waals surface area contributed by atoms with Crippen molar-refractivity contribution in [2.24, 2.45) is 0 Å². The minimum Gasteiger partial charge on any atom is -0.143 e. The smallest absolute Gasteiger partial charge is 0.00465 e. The van der Waals surface area contributed by atoms with Crippen LogP contribution in [-0.4, -0.2) is 0 Å². The van der Waals surface area contributed by atoms with Crippen molar-refractivity contribution in [3.63, 3.8) is 0 Å². The van der Waals surface area contributed by atoms with Crippen molar-refractivity contribution in [1.82, 2.24) is 0 Å². The summed E-state index contributed by atoms with van der Waals surface area (Å²) in [6, 6.07) is 19.4. The highest BCUT2D eigenvalue weighted by molar-refractivity contribution is 7.80. The lowest BCUT2D eigenvalue weighted by Crippen LogP contribution is -2.13. The van der Waals surface area contributed by atoms with Gasteiger partial charge in [0, 0.05) is 4.90 Å². The number of thiol groups is 1. The van der Waals surface area contributed by atoms with E-state index in [-0.39, 0.29) is 0 Å². The summed E-state index contributed by atoms with van der Waals surface area (Å²) in [6.07, 6.45) is 9.29. The van der Waals surface area contributed by atoms with Crippen LogP contribution >= 0.6 is 20.6 Å². The molecule has 0 spiro atoms. The zero-order valence-electron chi connectivity index (χ0n) is 11.2. The zero-order valence-corrected chi connectivity index (χ0v) is 13.0. The van der Waals surface area contributed by atoms with Crippen molar-refractivity contribution in [1.29, 1.82) is 0 Å². The van der Waals surface area contributed by atoms with Crippen molar-refractivity contribution in [2.45, 2.75) is 17.7 Å². The predicted octanol–water partition coefficient (Wildman–Crippen LogP) is 4.64. The summed E-state index contributed by atoms with van der Waals surface area (Å²) in [7, 11) is -0.460. The first-order chi connectivity index (χ1) is 9.84. The van der Waals surface area contributed by atoms with Gasteiger partial charge in [0.05, 0.1) is 0 Å². The molecule has 0 bridgehead atoms. The van der Waals surface area contributed by atoms with Crippen LogP contribution in [0.1, 0.15) is 12.8 Å². The van der Waals surface area contributed by atoms with Gasteiger partial charge in [-0.1, -0.05) is 60.7 Å². The normalized spacial score (nSPS) is 15.8. The molecule has 0 fully saturated rings. The van der Waals surface area contributed by atoms with E-state index >= 15 is 0 Å². The summed E-state index contributed by atoms with van der Waals surface area (Å²) < 4.78 is 0. The molecule has 3 rings (SSSR count). The van der Waals surface area contributed by atoms with Crippen molar-refractivity contribution in [3.8, 4) is 0 Å². The lowest BCUT2D eigenvalue weighted by molar-refractivity contribution is 1.03. The monoisotopic (exact) mass is 296 g/mol. The Morgan fingerprint density at radius 2 is 1.65 bits per heavy atom. The van der Waals surface area contributed by atoms with E-state index in [4.69, 9.17) is 0 Å². The second kappa shape index (κ2) is 6.43. The molecule has 0 aliphatic heterocycles. The van der Waals surface area contributed by atoms with Crippen LogP contribution in [0.15, 0.2) is 83.0 Å². The molecule has 2 aromatic carbocycles. The molecule has 0 aromatic heterocycles. The lowest BCUT2D eigenvalue weighted by Gasteiger charge is -2.22. The van der Waals surface area contributed by atoms with Gasteiger partial charge in [-0.2, -0.15) is 0 Å². The Hall–Kier alpha value is -1.30. The van der Waals surface area contributed by atoms with E-state index in [0.29, 0.717) is 0 Å². The third-order valence-electron chi connectivity index (χ3n) is 3.34. The highest BCUT2D eigenvalue weighted by Gasteiger charge is 2.17. The van der Waals surface area contributed by atoms with E-state index in [0.717, 1.165) is 17.7 Å². The topological polar surface area (TPSA) is 0 Å². The summed E-state index contributed by atoms with van der Waals surface area (Å²) in [5.74, 6) is 0. The Labute approximate surface area is 127 Å². The van der Waals surface area contributed by atoms with E-state index in [9.17, 15) is 0 Å². The van der Waals surface area contributed by atoms with Gasteiger partial charge in [-0.05, 0) is 48.8 Å². The number of allylic oxidation sites excluding steroid dienone is 4. The number of hydrogen-bond acceptors (Lipinski definition) is 1. The Kier molecular flexibility index (Phi) is 4.40. The molecule has 0 amide bonds. The average molecular weight is 296 g/mol. The first kappa shape index (κ1) is 13.7. The van der Waals surface area contributed by atoms with E-state index in [1.54, 1.807) is 0 Å². The fourth-order valence-electron chi connectivity index (χ4n) is 2.42. The third-order valence-corrected chi connectivity index (χ3v) is 6.07. The molecule has 0 saturated carbocycles. The average Bonchev–Trinajstić information content (AvgIpc) is 2.50. The number of benzene rings is 2. The van der Waals surface area contributed by atoms with Crippen LogP contribution < -0.4 is 10.6 Å². The quantitative estimate of drug-likeness (QED) is 0.619. The maximum Gasteiger partial charge on any atom is 0.00465 e. The first-order valence-corrected chi connectivity index (χ1v) is 8.64. The molecular weight excluding hydrogens is 279 g/mol. The van der Waals surface area contributed by atoms with Crippen LogP contribution in [0, 0.1) is 0 Å². The van der Waals surface area contributed by atoms with Gasteiger partial charge >= 0.3 is 0 Å². The summed E-state index contributed by atoms with van der Waals surface area (Å²) in [5, 5.41) is 4.23. The van der Waals surface area contributed by atoms with Gasteiger partial charge in [0.25, 0.3) is 0 Å². The highest BCUT2D eigenvalue weighted by Crippen LogP contribution is 2.45. The molecular formula is C18H17PS. The van der Waals surface area contributed by atoms with Crippen molar-refractivity contribution in [2.75, 3.05) is 0 Å². The summed E-state index contributed by atoms with van der Waals surface area (Å²) in [4.78, 5) is 1.03. The molecule has 2 aromatic rings. The van der Waals surface area contributed by atoms with Gasteiger partial charge in [0.15, 0.2) is 0 Å². The molecule has 0 heterocycles. The molecule has 100 valence electrons. The lowest BCUT2D eigenvalue weighted by atomic mass is 10.2. The Morgan fingerprint density at radius 1 is 0.850 bits per heavy atom. The SMILES string of the molecule is Sc1cccc(P(C2=CCCC=C2)c2ccccc2)c1. The van der Waals surface area contributed by atoms with Crippen LogP contribution in [0.5, 0.6) is 0 Å². The molecule has 1 atom stereocenters. The number of rotatable bonds is 3. The molecule has 20 heavy (non-hydrogen) atoms. The van der Waals surface area contributed by atoms with Crippen LogP contribution in [0.4, 0.5) is 0 Å². The van der Waals surface area contributed by atoms with Crippen LogP contribution in [-0.2, 0) is 0 Å². The molecule has 1 aliphatic carbocycles. The molecule has 1 unspecified atom stereocenters. The van der Waals surface area contributed by atoms with Gasteiger partial charge in [-0.25, -0.2) is 0 Å². The van der Waals surface area contributed by atoms with E-state index in [1.165, 1.54) is 15.9 Å². The standard InChI is InChI=1S/C18H17PS/c20-18-13-7-12-17(14-18)19(15-8-3-1-4-9-15)16-10-5-2-6-11-16/h1,3-5,7-14,20H,2,6H2. The van der Waals surface area contributed by atoms with E-state index < -0.39 is 7.92 Å². The summed E-state index contributed by atoms with van der Waals surface area (Å²) >= 11 is 4.50. The molecule has 1 aliphatic rings. The zero-order chi connectivity index (χ0) is 13.8. The summed E-state index contributed by atoms with van der Waals surface area (Å²) in [6.45, 7) is 0. The maximum atomic E-state index is 4.50. The Morgan fingerprint density at radius 3 is 2.35 bits per heavy atom. The van der Waals surface area contributed by atoms with E-state index in [2.05, 4.69) is 79.4 Å². The predicted molar refractivity (Wildman–Crippen MR) is 92.8 cm³/mol. The Bertz CT molecular complexity index is 643. The van der Waals surface area contributed by atoms with Crippen molar-refractivity contribution >= 4 is 31.2 Å². The molecule has 0 radical (unpaired) electrons. The van der Waals surface area contributed by atoms with Crippen molar-refractivity contribution in [3.05, 3.63) is 78.1 Å². The maximum absolute atomic E-state index is 4.50. The van der Waals surface area contributed by atoms with Crippen LogP contribution in [0.25, 0.3) is 0 Å². The van der Waals surface area contributed by atoms with Gasteiger partial charge in [0.2, 0.25) is 0 Å². The van der Waals surface area contributed by atoms with Gasteiger partial charge in [0.1, 0.15) is 0 Å². The minimum absolute atomic E-state index is 0.460. The molecule has 0 saturated heterocycles. The third kappa shape index (κ3) is 3.06. The van der Waals surface area contributed by atoms with Gasteiger partial charge in [-0.15, -0.1) is 12.6 Å². The van der Waals surface area contributed by atoms with Gasteiger partial charge < -0.3 is 0 Å². The van der Waals surface area contributed by atoms with E-state index in [1.807, 2.05) is 6.07 Å². The molecule has 0 N–H and O–H groups in total. The second-order valence-electron chi connectivity index (χ2n) is 4.80. The second-order valence-corrected chi connectivity index (χ2v) is 7.54. The van der Waals surface area contributed by atoms with Gasteiger partial charge in [-0.3, -0.25) is 0 Å². The fourth-order valence-corrected chi connectivity index (χ4v) is 5.18. The molecule has 0 nitrogen and oxygen atoms in total. The highest BCUT2D eigenvalue weighted by atomic mass is 32.1. The first-order valence-electron chi connectivity index (χ1n) is 6.85. The number of hydrogen-bond donors (Lipinski definition) is 1. The van der Waals surface area contributed by atoms with Crippen LogP contribution in [0.2, 0.25) is 0 Å². The largest absolute Gasteiger partial charge is 0.143 e. The van der Waals surface area contributed by atoms with Crippen molar-refractivity contribution < 1.29 is 0 Å². The summed E-state index contributed by atoms with van der Waals surface area (Å²) in [5.41, 5.74) is 0. The van der Waals surface area contributed by atoms with Crippen LogP contribution in [0.3, 0.4) is 0 Å².